The van der Waals surface area contributed by atoms with E-state index in [1.54, 1.807) is 7.11 Å². The van der Waals surface area contributed by atoms with Crippen molar-refractivity contribution in [1.29, 1.82) is 0 Å². The molecule has 1 saturated heterocycles. The number of methoxy groups -OCH3 is 1. The summed E-state index contributed by atoms with van der Waals surface area (Å²) in [5, 5.41) is 3.47. The standard InChI is InChI=1S/C29H29N3O2/c1-34-24-13-14-25-26(17-24)32(19-29(15-16-30-18-29)27(33)22-9-10-22)28(31-25)23-11-7-21(8-12-23)20-5-3-2-4-6-20/h2-8,11-14,17,22,30H,9-10,15-16,18-19H2,1H3/t29-/m0/s1. The number of hydrogen-bond donors (Lipinski definition) is 1. The lowest BCUT2D eigenvalue weighted by atomic mass is 9.80. The van der Waals surface area contributed by atoms with Gasteiger partial charge in [0.15, 0.2) is 0 Å². The molecule has 0 unspecified atom stereocenters. The number of imidazole rings is 1. The third kappa shape index (κ3) is 3.70. The van der Waals surface area contributed by atoms with Crippen LogP contribution in [-0.2, 0) is 11.3 Å². The smallest absolute Gasteiger partial charge is 0.145 e. The van der Waals surface area contributed by atoms with Gasteiger partial charge in [0, 0.05) is 30.6 Å². The van der Waals surface area contributed by atoms with E-state index in [4.69, 9.17) is 9.72 Å². The van der Waals surface area contributed by atoms with Crippen molar-refractivity contribution in [3.8, 4) is 28.3 Å². The van der Waals surface area contributed by atoms with E-state index in [9.17, 15) is 4.79 Å². The Labute approximate surface area is 199 Å². The van der Waals surface area contributed by atoms with E-state index in [-0.39, 0.29) is 11.3 Å². The molecule has 2 heterocycles. The van der Waals surface area contributed by atoms with Gasteiger partial charge < -0.3 is 14.6 Å². The Morgan fingerprint density at radius 2 is 1.76 bits per heavy atom. The second kappa shape index (κ2) is 8.41. The average Bonchev–Trinajstić information content (AvgIpc) is 3.53. The van der Waals surface area contributed by atoms with Gasteiger partial charge in [0.25, 0.3) is 0 Å². The number of rotatable bonds is 7. The highest BCUT2D eigenvalue weighted by molar-refractivity contribution is 5.90. The Kier molecular flexibility index (Phi) is 5.22. The molecule has 0 amide bonds. The molecule has 0 spiro atoms. The Morgan fingerprint density at radius 1 is 1.03 bits per heavy atom. The summed E-state index contributed by atoms with van der Waals surface area (Å²) >= 11 is 0. The van der Waals surface area contributed by atoms with Gasteiger partial charge in [0.05, 0.1) is 23.6 Å². The predicted molar refractivity (Wildman–Crippen MR) is 135 cm³/mol. The minimum atomic E-state index is -0.378. The van der Waals surface area contributed by atoms with Crippen LogP contribution < -0.4 is 10.1 Å². The van der Waals surface area contributed by atoms with Crippen molar-refractivity contribution in [3.05, 3.63) is 72.8 Å². The minimum Gasteiger partial charge on any atom is -0.497 e. The predicted octanol–water partition coefficient (Wildman–Crippen LogP) is 5.34. The highest BCUT2D eigenvalue weighted by atomic mass is 16.5. The van der Waals surface area contributed by atoms with Gasteiger partial charge in [-0.2, -0.15) is 0 Å². The van der Waals surface area contributed by atoms with Crippen LogP contribution in [0.2, 0.25) is 0 Å². The fraction of sp³-hybridized carbons (Fsp3) is 0.310. The summed E-state index contributed by atoms with van der Waals surface area (Å²) in [5.41, 5.74) is 4.97. The van der Waals surface area contributed by atoms with Crippen LogP contribution in [0, 0.1) is 11.3 Å². The average molecular weight is 452 g/mol. The topological polar surface area (TPSA) is 56.2 Å². The van der Waals surface area contributed by atoms with Crippen molar-refractivity contribution in [2.75, 3.05) is 20.2 Å². The fourth-order valence-electron chi connectivity index (χ4n) is 5.30. The highest BCUT2D eigenvalue weighted by Gasteiger charge is 2.48. The lowest BCUT2D eigenvalue weighted by molar-refractivity contribution is -0.129. The normalized spacial score (nSPS) is 20.0. The van der Waals surface area contributed by atoms with E-state index in [1.807, 2.05) is 24.3 Å². The summed E-state index contributed by atoms with van der Waals surface area (Å²) in [6.07, 6.45) is 2.94. The van der Waals surface area contributed by atoms with Crippen LogP contribution in [0.4, 0.5) is 0 Å². The molecule has 1 aliphatic heterocycles. The Bertz CT molecular complexity index is 1330. The van der Waals surface area contributed by atoms with Crippen molar-refractivity contribution in [3.63, 3.8) is 0 Å². The van der Waals surface area contributed by atoms with E-state index in [0.717, 1.165) is 60.5 Å². The number of aromatic nitrogens is 2. The molecule has 2 fully saturated rings. The zero-order valence-electron chi connectivity index (χ0n) is 19.5. The largest absolute Gasteiger partial charge is 0.497 e. The molecule has 1 aromatic heterocycles. The van der Waals surface area contributed by atoms with Gasteiger partial charge in [0.2, 0.25) is 0 Å². The number of carbonyl (C=O) groups is 1. The van der Waals surface area contributed by atoms with Crippen LogP contribution in [0.5, 0.6) is 5.75 Å². The molecule has 1 saturated carbocycles. The summed E-state index contributed by atoms with van der Waals surface area (Å²) < 4.78 is 7.78. The van der Waals surface area contributed by atoms with Crippen molar-refractivity contribution >= 4 is 16.8 Å². The first-order valence-electron chi connectivity index (χ1n) is 12.1. The van der Waals surface area contributed by atoms with Crippen LogP contribution in [0.1, 0.15) is 19.3 Å². The number of benzene rings is 3. The van der Waals surface area contributed by atoms with Gasteiger partial charge in [-0.3, -0.25) is 4.79 Å². The number of ketones is 1. The monoisotopic (exact) mass is 451 g/mol. The molecule has 3 aromatic carbocycles. The SMILES string of the molecule is COc1ccc2nc(-c3ccc(-c4ccccc4)cc3)n(C[C@]3(C(=O)C4CC4)CCNC3)c2c1. The van der Waals surface area contributed by atoms with Crippen molar-refractivity contribution < 1.29 is 9.53 Å². The summed E-state index contributed by atoms with van der Waals surface area (Å²) in [6, 6.07) is 25.0. The third-order valence-corrected chi connectivity index (χ3v) is 7.38. The fourth-order valence-corrected chi connectivity index (χ4v) is 5.30. The zero-order chi connectivity index (χ0) is 23.1. The molecule has 1 N–H and O–H groups in total. The Hall–Kier alpha value is -3.44. The molecule has 5 nitrogen and oxygen atoms in total. The summed E-state index contributed by atoms with van der Waals surface area (Å²) in [7, 11) is 1.68. The molecule has 34 heavy (non-hydrogen) atoms. The number of hydrogen-bond acceptors (Lipinski definition) is 4. The second-order valence-electron chi connectivity index (χ2n) is 9.67. The maximum atomic E-state index is 13.5. The molecule has 0 radical (unpaired) electrons. The molecule has 0 bridgehead atoms. The van der Waals surface area contributed by atoms with E-state index in [0.29, 0.717) is 12.3 Å². The van der Waals surface area contributed by atoms with Crippen molar-refractivity contribution in [2.45, 2.75) is 25.8 Å². The molecular weight excluding hydrogens is 422 g/mol. The number of ether oxygens (including phenoxy) is 1. The quantitative estimate of drug-likeness (QED) is 0.412. The Balaban J connectivity index is 1.45. The summed E-state index contributed by atoms with van der Waals surface area (Å²) in [6.45, 7) is 2.25. The van der Waals surface area contributed by atoms with Crippen LogP contribution in [0.3, 0.4) is 0 Å². The van der Waals surface area contributed by atoms with E-state index >= 15 is 0 Å². The number of Topliss-reactive ketones (excluding diaryl/α,β-unsaturated/α-hetero) is 1. The number of nitrogens with zero attached hydrogens (tertiary/aromatic N) is 2. The number of fused-ring (bicyclic) bond motifs is 1. The Morgan fingerprint density at radius 3 is 2.44 bits per heavy atom. The summed E-state index contributed by atoms with van der Waals surface area (Å²) in [5.74, 6) is 2.36. The minimum absolute atomic E-state index is 0.234. The van der Waals surface area contributed by atoms with Gasteiger partial charge in [-0.05, 0) is 49.1 Å². The molecule has 5 heteroatoms. The molecule has 172 valence electrons. The maximum Gasteiger partial charge on any atom is 0.145 e. The third-order valence-electron chi connectivity index (χ3n) is 7.38. The highest BCUT2D eigenvalue weighted by Crippen LogP contribution is 2.42. The van der Waals surface area contributed by atoms with Crippen LogP contribution in [0.25, 0.3) is 33.5 Å². The van der Waals surface area contributed by atoms with Crippen molar-refractivity contribution in [1.82, 2.24) is 14.9 Å². The van der Waals surface area contributed by atoms with Gasteiger partial charge in [-0.15, -0.1) is 0 Å². The number of nitrogens with one attached hydrogen (secondary N) is 1. The first kappa shape index (κ1) is 21.1. The first-order chi connectivity index (χ1) is 16.7. The zero-order valence-corrected chi connectivity index (χ0v) is 19.5. The van der Waals surface area contributed by atoms with Crippen LogP contribution in [-0.4, -0.2) is 35.5 Å². The molecule has 4 aromatic rings. The van der Waals surface area contributed by atoms with E-state index in [1.165, 1.54) is 11.1 Å². The first-order valence-corrected chi connectivity index (χ1v) is 12.1. The molecule has 6 rings (SSSR count). The van der Waals surface area contributed by atoms with Crippen LogP contribution in [0.15, 0.2) is 72.8 Å². The van der Waals surface area contributed by atoms with Gasteiger partial charge >= 0.3 is 0 Å². The van der Waals surface area contributed by atoms with Gasteiger partial charge in [-0.1, -0.05) is 54.6 Å². The lowest BCUT2D eigenvalue weighted by Gasteiger charge is -2.28. The lowest BCUT2D eigenvalue weighted by Crippen LogP contribution is -2.39. The number of carbonyl (C=O) groups excluding carboxylic acids is 1. The molecule has 2 aliphatic rings. The van der Waals surface area contributed by atoms with Gasteiger partial charge in [0.1, 0.15) is 17.4 Å². The maximum absolute atomic E-state index is 13.5. The van der Waals surface area contributed by atoms with Crippen LogP contribution >= 0.6 is 0 Å². The van der Waals surface area contributed by atoms with Gasteiger partial charge in [-0.25, -0.2) is 4.98 Å². The van der Waals surface area contributed by atoms with E-state index < -0.39 is 0 Å². The molecule has 1 atom stereocenters. The second-order valence-corrected chi connectivity index (χ2v) is 9.67. The van der Waals surface area contributed by atoms with Crippen molar-refractivity contribution in [2.24, 2.45) is 11.3 Å². The van der Waals surface area contributed by atoms with E-state index in [2.05, 4.69) is 58.4 Å². The molecular formula is C29H29N3O2. The molecule has 1 aliphatic carbocycles. The summed E-state index contributed by atoms with van der Waals surface area (Å²) in [4.78, 5) is 18.5.